The number of aromatic nitrogens is 2. The Morgan fingerprint density at radius 2 is 1.95 bits per heavy atom. The van der Waals surface area contributed by atoms with E-state index in [0.29, 0.717) is 56.1 Å². The number of aliphatic hydroxyl groups is 2. The number of nitriles is 1. The monoisotopic (exact) mass is 543 g/mol. The van der Waals surface area contributed by atoms with E-state index < -0.39 is 37.9 Å². The zero-order valence-electron chi connectivity index (χ0n) is 21.6. The van der Waals surface area contributed by atoms with Crippen LogP contribution in [-0.2, 0) is 29.9 Å². The lowest BCUT2D eigenvalue weighted by Gasteiger charge is -2.30. The Balaban J connectivity index is 1.43. The predicted octanol–water partition coefficient (Wildman–Crippen LogP) is 0.342. The molecule has 3 N–H and O–H groups in total. The lowest BCUT2D eigenvalue weighted by atomic mass is 10.1. The van der Waals surface area contributed by atoms with Gasteiger partial charge in [-0.05, 0) is 56.8 Å². The third-order valence-electron chi connectivity index (χ3n) is 7.79. The Morgan fingerprint density at radius 1 is 1.29 bits per heavy atom. The molecule has 1 aromatic heterocycles. The standard InChI is InChI=1S/C26H33N5O6S/c1-30(17-25(8-9-25)38(36,37)26(10-11-26)22(34)16-33)12-7-20-21(15-32)31(2)29-23(20)24(35)28-14-19-5-3-18(13-27)4-6-19/h3-6,15,22,33-34H,7-12,14,16-17H2,1-2H3,(H,28,35). The van der Waals surface area contributed by atoms with E-state index in [1.54, 1.807) is 38.4 Å². The molecule has 2 fully saturated rings. The van der Waals surface area contributed by atoms with Crippen molar-refractivity contribution in [3.05, 3.63) is 52.3 Å². The molecule has 204 valence electrons. The molecular formula is C26H33N5O6S. The zero-order chi connectivity index (χ0) is 27.7. The van der Waals surface area contributed by atoms with Crippen molar-refractivity contribution in [3.63, 3.8) is 0 Å². The number of hydrogen-bond donors (Lipinski definition) is 3. The maximum absolute atomic E-state index is 13.5. The number of nitrogens with zero attached hydrogens (tertiary/aromatic N) is 4. The molecule has 2 aliphatic rings. The Hall–Kier alpha value is -3.11. The highest BCUT2D eigenvalue weighted by Crippen LogP contribution is 2.58. The second-order valence-corrected chi connectivity index (χ2v) is 13.1. The summed E-state index contributed by atoms with van der Waals surface area (Å²) in [6.07, 6.45) is 1.36. The van der Waals surface area contributed by atoms with Crippen molar-refractivity contribution >= 4 is 22.0 Å². The third kappa shape index (κ3) is 4.99. The van der Waals surface area contributed by atoms with Crippen LogP contribution in [0.4, 0.5) is 0 Å². The summed E-state index contributed by atoms with van der Waals surface area (Å²) in [6, 6.07) is 8.86. The number of sulfone groups is 1. The number of hydrogen-bond acceptors (Lipinski definition) is 9. The molecule has 1 amide bonds. The van der Waals surface area contributed by atoms with Crippen LogP contribution >= 0.6 is 0 Å². The first-order valence-corrected chi connectivity index (χ1v) is 14.0. The van der Waals surface area contributed by atoms with Gasteiger partial charge in [0.1, 0.15) is 10.4 Å². The van der Waals surface area contributed by atoms with Gasteiger partial charge in [0.25, 0.3) is 5.91 Å². The van der Waals surface area contributed by atoms with Gasteiger partial charge in [-0.1, -0.05) is 12.1 Å². The van der Waals surface area contributed by atoms with Crippen molar-refractivity contribution < 1.29 is 28.2 Å². The predicted molar refractivity (Wildman–Crippen MR) is 138 cm³/mol. The molecule has 2 aliphatic carbocycles. The summed E-state index contributed by atoms with van der Waals surface area (Å²) in [5.74, 6) is -0.439. The van der Waals surface area contributed by atoms with Gasteiger partial charge in [-0.3, -0.25) is 14.3 Å². The Bertz CT molecular complexity index is 1350. The van der Waals surface area contributed by atoms with Crippen LogP contribution in [0.2, 0.25) is 0 Å². The first-order chi connectivity index (χ1) is 18.0. The number of amides is 1. The first-order valence-electron chi connectivity index (χ1n) is 12.5. The molecule has 0 aliphatic heterocycles. The fourth-order valence-electron chi connectivity index (χ4n) is 5.15. The second kappa shape index (κ2) is 10.6. The number of aldehydes is 1. The maximum atomic E-state index is 13.5. The Labute approximate surface area is 222 Å². The smallest absolute Gasteiger partial charge is 0.272 e. The summed E-state index contributed by atoms with van der Waals surface area (Å²) < 4.78 is 26.1. The highest BCUT2D eigenvalue weighted by Gasteiger charge is 2.69. The van der Waals surface area contributed by atoms with Gasteiger partial charge in [-0.15, -0.1) is 0 Å². The number of nitrogens with one attached hydrogen (secondary N) is 1. The van der Waals surface area contributed by atoms with Gasteiger partial charge in [-0.25, -0.2) is 8.42 Å². The molecule has 0 spiro atoms. The van der Waals surface area contributed by atoms with Gasteiger partial charge in [0.05, 0.1) is 29.1 Å². The molecule has 12 heteroatoms. The number of carbonyl (C=O) groups excluding carboxylic acids is 2. The summed E-state index contributed by atoms with van der Waals surface area (Å²) in [6.45, 7) is 0.275. The fourth-order valence-corrected chi connectivity index (χ4v) is 8.11. The van der Waals surface area contributed by atoms with E-state index in [1.165, 1.54) is 4.68 Å². The van der Waals surface area contributed by atoms with Crippen molar-refractivity contribution in [2.45, 2.75) is 54.2 Å². The molecule has 0 saturated heterocycles. The number of carbonyl (C=O) groups is 2. The van der Waals surface area contributed by atoms with Gasteiger partial charge in [-0.2, -0.15) is 10.4 Å². The van der Waals surface area contributed by atoms with Gasteiger partial charge in [0, 0.05) is 32.2 Å². The van der Waals surface area contributed by atoms with E-state index >= 15 is 0 Å². The van der Waals surface area contributed by atoms with E-state index in [2.05, 4.69) is 10.4 Å². The molecule has 2 saturated carbocycles. The van der Waals surface area contributed by atoms with Crippen LogP contribution in [0.5, 0.6) is 0 Å². The number of rotatable bonds is 13. The lowest BCUT2D eigenvalue weighted by Crippen LogP contribution is -2.49. The topological polar surface area (TPSA) is 166 Å². The van der Waals surface area contributed by atoms with Crippen LogP contribution in [0.3, 0.4) is 0 Å². The van der Waals surface area contributed by atoms with Gasteiger partial charge < -0.3 is 20.4 Å². The summed E-state index contributed by atoms with van der Waals surface area (Å²) in [5, 5.41) is 35.6. The average molecular weight is 544 g/mol. The number of aliphatic hydroxyl groups excluding tert-OH is 2. The molecule has 11 nitrogen and oxygen atoms in total. The van der Waals surface area contributed by atoms with Crippen LogP contribution in [0, 0.1) is 11.3 Å². The minimum atomic E-state index is -3.68. The maximum Gasteiger partial charge on any atom is 0.272 e. The highest BCUT2D eigenvalue weighted by atomic mass is 32.2. The van der Waals surface area contributed by atoms with Crippen LogP contribution < -0.4 is 5.32 Å². The normalized spacial score (nSPS) is 18.0. The van der Waals surface area contributed by atoms with Crippen LogP contribution in [-0.4, -0.2) is 87.8 Å². The molecule has 1 atom stereocenters. The highest BCUT2D eigenvalue weighted by molar-refractivity contribution is 7.94. The molecule has 4 rings (SSSR count). The Morgan fingerprint density at radius 3 is 2.47 bits per heavy atom. The summed E-state index contributed by atoms with van der Waals surface area (Å²) >= 11 is 0. The molecule has 38 heavy (non-hydrogen) atoms. The van der Waals surface area contributed by atoms with Crippen molar-refractivity contribution in [1.29, 1.82) is 5.26 Å². The summed E-state index contributed by atoms with van der Waals surface area (Å²) in [5.41, 5.74) is 2.21. The van der Waals surface area contributed by atoms with Gasteiger partial charge in [0.15, 0.2) is 21.8 Å². The molecule has 1 unspecified atom stereocenters. The van der Waals surface area contributed by atoms with Crippen LogP contribution in [0.15, 0.2) is 24.3 Å². The minimum absolute atomic E-state index is 0.133. The number of likely N-dealkylation sites (N-methyl/N-ethyl adjacent to an activating group) is 1. The molecule has 1 aromatic carbocycles. The first kappa shape index (κ1) is 27.9. The van der Waals surface area contributed by atoms with E-state index in [1.807, 2.05) is 11.0 Å². The summed E-state index contributed by atoms with van der Waals surface area (Å²) in [7, 11) is -0.304. The van der Waals surface area contributed by atoms with E-state index in [0.717, 1.165) is 5.56 Å². The van der Waals surface area contributed by atoms with Gasteiger partial charge >= 0.3 is 0 Å². The van der Waals surface area contributed by atoms with Crippen molar-refractivity contribution in [1.82, 2.24) is 20.0 Å². The van der Waals surface area contributed by atoms with Crippen molar-refractivity contribution in [3.8, 4) is 6.07 Å². The Kier molecular flexibility index (Phi) is 7.76. The largest absolute Gasteiger partial charge is 0.394 e. The fraction of sp³-hybridized carbons (Fsp3) is 0.538. The quantitative estimate of drug-likeness (QED) is 0.302. The van der Waals surface area contributed by atoms with E-state index in [4.69, 9.17) is 5.26 Å². The average Bonchev–Trinajstić information content (AvgIpc) is 3.84. The van der Waals surface area contributed by atoms with E-state index in [-0.39, 0.29) is 24.5 Å². The zero-order valence-corrected chi connectivity index (χ0v) is 22.4. The summed E-state index contributed by atoms with van der Waals surface area (Å²) in [4.78, 5) is 26.6. The van der Waals surface area contributed by atoms with Crippen molar-refractivity contribution in [2.24, 2.45) is 7.05 Å². The van der Waals surface area contributed by atoms with Gasteiger partial charge in [0.2, 0.25) is 0 Å². The lowest BCUT2D eigenvalue weighted by molar-refractivity contribution is 0.0847. The van der Waals surface area contributed by atoms with Crippen LogP contribution in [0.25, 0.3) is 0 Å². The van der Waals surface area contributed by atoms with Crippen LogP contribution in [0.1, 0.15) is 63.4 Å². The molecule has 1 heterocycles. The minimum Gasteiger partial charge on any atom is -0.394 e. The molecule has 0 bridgehead atoms. The second-order valence-electron chi connectivity index (χ2n) is 10.4. The number of aryl methyl sites for hydroxylation is 1. The SMILES string of the molecule is CN(CCc1c(C(=O)NCc2ccc(C#N)cc2)nn(C)c1C=O)CC1(S(=O)(=O)C2(C(O)CO)CC2)CC1. The third-order valence-corrected chi connectivity index (χ3v) is 11.2. The van der Waals surface area contributed by atoms with E-state index in [9.17, 15) is 28.2 Å². The van der Waals surface area contributed by atoms with Crippen molar-refractivity contribution in [2.75, 3.05) is 26.7 Å². The molecular weight excluding hydrogens is 510 g/mol. The number of benzene rings is 1. The molecule has 2 aromatic rings. The molecule has 0 radical (unpaired) electrons.